The number of carbonyl (C=O) groups is 2. The van der Waals surface area contributed by atoms with Crippen LogP contribution in [0.2, 0.25) is 0 Å². The Morgan fingerprint density at radius 1 is 1.10 bits per heavy atom. The van der Waals surface area contributed by atoms with Crippen molar-refractivity contribution in [1.29, 1.82) is 0 Å². The third kappa shape index (κ3) is 5.93. The van der Waals surface area contributed by atoms with Crippen LogP contribution in [0.5, 0.6) is 0 Å². The van der Waals surface area contributed by atoms with Gasteiger partial charge in [0, 0.05) is 19.0 Å². The first kappa shape index (κ1) is 18.9. The van der Waals surface area contributed by atoms with Gasteiger partial charge in [-0.1, -0.05) is 41.0 Å². The van der Waals surface area contributed by atoms with E-state index in [0.717, 1.165) is 19.4 Å². The third-order valence-electron chi connectivity index (χ3n) is 3.91. The van der Waals surface area contributed by atoms with Gasteiger partial charge < -0.3 is 10.2 Å². The van der Waals surface area contributed by atoms with Crippen molar-refractivity contribution in [3.05, 3.63) is 0 Å². The number of amides is 2. The van der Waals surface area contributed by atoms with E-state index in [0.29, 0.717) is 13.0 Å². The van der Waals surface area contributed by atoms with Gasteiger partial charge in [-0.05, 0) is 25.7 Å². The molecule has 0 aliphatic rings. The first-order chi connectivity index (χ1) is 9.38. The molecule has 0 aromatic heterocycles. The maximum atomic E-state index is 12.5. The second-order valence-corrected chi connectivity index (χ2v) is 5.77. The highest BCUT2D eigenvalue weighted by Gasteiger charge is 2.26. The van der Waals surface area contributed by atoms with Crippen molar-refractivity contribution in [1.82, 2.24) is 10.2 Å². The van der Waals surface area contributed by atoms with E-state index in [1.54, 1.807) is 0 Å². The number of carbonyl (C=O) groups excluding carboxylic acids is 2. The lowest BCUT2D eigenvalue weighted by Gasteiger charge is -2.27. The zero-order valence-corrected chi connectivity index (χ0v) is 14.0. The molecule has 20 heavy (non-hydrogen) atoms. The van der Waals surface area contributed by atoms with Crippen LogP contribution in [0.3, 0.4) is 0 Å². The maximum Gasteiger partial charge on any atom is 0.245 e. The van der Waals surface area contributed by atoms with Crippen LogP contribution in [-0.4, -0.2) is 35.8 Å². The Hall–Kier alpha value is -1.06. The Balaban J connectivity index is 4.64. The predicted molar refractivity (Wildman–Crippen MR) is 83.4 cm³/mol. The van der Waals surface area contributed by atoms with Crippen LogP contribution >= 0.6 is 0 Å². The van der Waals surface area contributed by atoms with Crippen molar-refractivity contribution in [3.63, 3.8) is 0 Å². The van der Waals surface area contributed by atoms with Gasteiger partial charge >= 0.3 is 0 Å². The quantitative estimate of drug-likeness (QED) is 0.708. The highest BCUT2D eigenvalue weighted by Crippen LogP contribution is 2.11. The summed E-state index contributed by atoms with van der Waals surface area (Å²) in [6, 6.07) is -0.388. The summed E-state index contributed by atoms with van der Waals surface area (Å²) in [5, 5.41) is 2.91. The SMILES string of the molecule is CCCCN(CC)C(=O)[C@H](CC)NC(=O)[C@@H](C)C(C)C. The molecule has 0 rings (SSSR count). The van der Waals surface area contributed by atoms with Crippen LogP contribution in [-0.2, 0) is 9.59 Å². The minimum Gasteiger partial charge on any atom is -0.344 e. The molecule has 0 saturated heterocycles. The lowest BCUT2D eigenvalue weighted by Crippen LogP contribution is -2.50. The number of unbranched alkanes of at least 4 members (excludes halogenated alkanes) is 1. The van der Waals surface area contributed by atoms with Gasteiger partial charge in [0.25, 0.3) is 0 Å². The summed E-state index contributed by atoms with van der Waals surface area (Å²) in [6.45, 7) is 13.5. The summed E-state index contributed by atoms with van der Waals surface area (Å²) in [5.41, 5.74) is 0. The van der Waals surface area contributed by atoms with Gasteiger partial charge in [-0.25, -0.2) is 0 Å². The van der Waals surface area contributed by atoms with Crippen molar-refractivity contribution in [2.75, 3.05) is 13.1 Å². The molecular formula is C16H32N2O2. The van der Waals surface area contributed by atoms with E-state index in [4.69, 9.17) is 0 Å². The van der Waals surface area contributed by atoms with Crippen LogP contribution in [0.15, 0.2) is 0 Å². The molecule has 4 nitrogen and oxygen atoms in total. The highest BCUT2D eigenvalue weighted by atomic mass is 16.2. The van der Waals surface area contributed by atoms with E-state index in [-0.39, 0.29) is 29.7 Å². The highest BCUT2D eigenvalue weighted by molar-refractivity contribution is 5.88. The molecule has 0 aromatic carbocycles. The zero-order valence-electron chi connectivity index (χ0n) is 14.0. The molecule has 1 N–H and O–H groups in total. The molecule has 118 valence electrons. The summed E-state index contributed by atoms with van der Waals surface area (Å²) in [6.07, 6.45) is 2.71. The molecule has 0 unspecified atom stereocenters. The number of rotatable bonds is 9. The van der Waals surface area contributed by atoms with Crippen molar-refractivity contribution in [2.45, 2.75) is 66.8 Å². The lowest BCUT2D eigenvalue weighted by atomic mass is 9.96. The van der Waals surface area contributed by atoms with E-state index >= 15 is 0 Å². The maximum absolute atomic E-state index is 12.5. The molecule has 0 fully saturated rings. The molecule has 0 saturated carbocycles. The summed E-state index contributed by atoms with van der Waals surface area (Å²) < 4.78 is 0. The Morgan fingerprint density at radius 3 is 2.10 bits per heavy atom. The molecule has 0 aromatic rings. The Morgan fingerprint density at radius 2 is 1.70 bits per heavy atom. The van der Waals surface area contributed by atoms with E-state index in [1.807, 2.05) is 39.5 Å². The van der Waals surface area contributed by atoms with Gasteiger partial charge in [-0.2, -0.15) is 0 Å². The lowest BCUT2D eigenvalue weighted by molar-refractivity contribution is -0.137. The average Bonchev–Trinajstić information content (AvgIpc) is 2.43. The monoisotopic (exact) mass is 284 g/mol. The minimum absolute atomic E-state index is 0.0215. The van der Waals surface area contributed by atoms with Crippen LogP contribution in [0.1, 0.15) is 60.8 Å². The Kier molecular flexibility index (Phi) is 9.26. The van der Waals surface area contributed by atoms with E-state index in [9.17, 15) is 9.59 Å². The molecule has 0 radical (unpaired) electrons. The van der Waals surface area contributed by atoms with Gasteiger partial charge in [-0.15, -0.1) is 0 Å². The molecule has 0 bridgehead atoms. The van der Waals surface area contributed by atoms with Gasteiger partial charge in [0.1, 0.15) is 6.04 Å². The molecule has 2 atom stereocenters. The zero-order chi connectivity index (χ0) is 15.7. The number of nitrogens with one attached hydrogen (secondary N) is 1. The number of nitrogens with zero attached hydrogens (tertiary/aromatic N) is 1. The molecule has 4 heteroatoms. The van der Waals surface area contributed by atoms with Gasteiger partial charge in [0.15, 0.2) is 0 Å². The van der Waals surface area contributed by atoms with E-state index < -0.39 is 0 Å². The van der Waals surface area contributed by atoms with Crippen molar-refractivity contribution in [3.8, 4) is 0 Å². The largest absolute Gasteiger partial charge is 0.344 e. The van der Waals surface area contributed by atoms with Crippen molar-refractivity contribution < 1.29 is 9.59 Å². The summed E-state index contributed by atoms with van der Waals surface area (Å²) in [5.74, 6) is 0.243. The number of likely N-dealkylation sites (N-methyl/N-ethyl adjacent to an activating group) is 1. The molecule has 0 heterocycles. The summed E-state index contributed by atoms with van der Waals surface area (Å²) in [7, 11) is 0. The van der Waals surface area contributed by atoms with Crippen molar-refractivity contribution in [2.24, 2.45) is 11.8 Å². The Bertz CT molecular complexity index is 303. The number of hydrogen-bond donors (Lipinski definition) is 1. The molecular weight excluding hydrogens is 252 g/mol. The van der Waals surface area contributed by atoms with Crippen LogP contribution in [0.25, 0.3) is 0 Å². The Labute approximate surface area is 124 Å². The smallest absolute Gasteiger partial charge is 0.245 e. The van der Waals surface area contributed by atoms with Crippen molar-refractivity contribution >= 4 is 11.8 Å². The van der Waals surface area contributed by atoms with Gasteiger partial charge in [0.05, 0.1) is 0 Å². The number of hydrogen-bond acceptors (Lipinski definition) is 2. The molecule has 0 spiro atoms. The molecule has 0 aliphatic carbocycles. The van der Waals surface area contributed by atoms with E-state index in [2.05, 4.69) is 12.2 Å². The van der Waals surface area contributed by atoms with Gasteiger partial charge in [-0.3, -0.25) is 9.59 Å². The first-order valence-corrected chi connectivity index (χ1v) is 7.98. The van der Waals surface area contributed by atoms with Crippen LogP contribution < -0.4 is 5.32 Å². The fourth-order valence-electron chi connectivity index (χ4n) is 1.94. The fraction of sp³-hybridized carbons (Fsp3) is 0.875. The first-order valence-electron chi connectivity index (χ1n) is 7.98. The normalized spacial score (nSPS) is 13.9. The minimum atomic E-state index is -0.388. The third-order valence-corrected chi connectivity index (χ3v) is 3.91. The molecule has 2 amide bonds. The summed E-state index contributed by atoms with van der Waals surface area (Å²) in [4.78, 5) is 26.4. The standard InChI is InChI=1S/C16H32N2O2/c1-7-10-11-18(9-3)16(20)14(8-2)17-15(19)13(6)12(4)5/h12-14H,7-11H2,1-6H3,(H,17,19)/t13-,14-/m0/s1. The predicted octanol–water partition coefficient (Wildman–Crippen LogP) is 2.82. The van der Waals surface area contributed by atoms with Gasteiger partial charge in [0.2, 0.25) is 11.8 Å². The van der Waals surface area contributed by atoms with Crippen LogP contribution in [0.4, 0.5) is 0 Å². The molecule has 0 aliphatic heterocycles. The average molecular weight is 284 g/mol. The fourth-order valence-corrected chi connectivity index (χ4v) is 1.94. The summed E-state index contributed by atoms with van der Waals surface area (Å²) >= 11 is 0. The second-order valence-electron chi connectivity index (χ2n) is 5.77. The van der Waals surface area contributed by atoms with Crippen LogP contribution in [0, 0.1) is 11.8 Å². The van der Waals surface area contributed by atoms with E-state index in [1.165, 1.54) is 0 Å². The topological polar surface area (TPSA) is 49.4 Å². The second kappa shape index (κ2) is 9.78.